The van der Waals surface area contributed by atoms with Gasteiger partial charge in [0.15, 0.2) is 0 Å². The van der Waals surface area contributed by atoms with E-state index in [4.69, 9.17) is 4.74 Å². The maximum atomic E-state index is 12.4. The number of rotatable bonds is 7. The summed E-state index contributed by atoms with van der Waals surface area (Å²) in [6, 6.07) is 17.4. The van der Waals surface area contributed by atoms with Crippen molar-refractivity contribution >= 4 is 27.7 Å². The fourth-order valence-corrected chi connectivity index (χ4v) is 3.45. The van der Waals surface area contributed by atoms with Gasteiger partial charge in [0.05, 0.1) is 6.61 Å². The van der Waals surface area contributed by atoms with Crippen LogP contribution in [0.15, 0.2) is 59.1 Å². The van der Waals surface area contributed by atoms with E-state index in [0.29, 0.717) is 31.8 Å². The van der Waals surface area contributed by atoms with Crippen LogP contribution in [0.3, 0.4) is 0 Å². The summed E-state index contributed by atoms with van der Waals surface area (Å²) < 4.78 is 6.47. The standard InChI is InChI=1S/C21H24BrN3O3/c22-18-8-4-7-17(13-18)20(26)23-9-10-24-21(27)19-15-25(11-12-28-19)14-16-5-2-1-3-6-16/h1-8,13,19H,9-12,14-15H2,(H,23,26)(H,24,27). The topological polar surface area (TPSA) is 70.7 Å². The Morgan fingerprint density at radius 1 is 1.07 bits per heavy atom. The first-order valence-electron chi connectivity index (χ1n) is 9.31. The van der Waals surface area contributed by atoms with Crippen molar-refractivity contribution in [2.24, 2.45) is 0 Å². The zero-order valence-electron chi connectivity index (χ0n) is 15.6. The lowest BCUT2D eigenvalue weighted by Gasteiger charge is -2.32. The van der Waals surface area contributed by atoms with Crippen molar-refractivity contribution in [3.63, 3.8) is 0 Å². The third kappa shape index (κ3) is 6.15. The van der Waals surface area contributed by atoms with Crippen molar-refractivity contribution in [2.45, 2.75) is 12.6 Å². The number of hydrogen-bond donors (Lipinski definition) is 2. The normalized spacial score (nSPS) is 17.1. The van der Waals surface area contributed by atoms with E-state index in [9.17, 15) is 9.59 Å². The maximum Gasteiger partial charge on any atom is 0.251 e. The highest BCUT2D eigenvalue weighted by Gasteiger charge is 2.26. The van der Waals surface area contributed by atoms with Gasteiger partial charge in [0.1, 0.15) is 6.10 Å². The Morgan fingerprint density at radius 3 is 2.64 bits per heavy atom. The van der Waals surface area contributed by atoms with E-state index in [1.165, 1.54) is 5.56 Å². The van der Waals surface area contributed by atoms with E-state index in [-0.39, 0.29) is 11.8 Å². The fourth-order valence-electron chi connectivity index (χ4n) is 3.05. The molecule has 1 fully saturated rings. The van der Waals surface area contributed by atoms with Gasteiger partial charge in [-0.15, -0.1) is 0 Å². The quantitative estimate of drug-likeness (QED) is 0.640. The number of amides is 2. The van der Waals surface area contributed by atoms with Crippen LogP contribution in [0.5, 0.6) is 0 Å². The molecule has 0 saturated carbocycles. The highest BCUT2D eigenvalue weighted by atomic mass is 79.9. The van der Waals surface area contributed by atoms with Crippen molar-refractivity contribution in [3.05, 3.63) is 70.2 Å². The third-order valence-corrected chi connectivity index (χ3v) is 4.98. The molecule has 1 saturated heterocycles. The molecule has 2 aromatic carbocycles. The average molecular weight is 446 g/mol. The maximum absolute atomic E-state index is 12.4. The molecule has 148 valence electrons. The van der Waals surface area contributed by atoms with Gasteiger partial charge in [0, 0.05) is 42.8 Å². The van der Waals surface area contributed by atoms with Crippen LogP contribution in [0.4, 0.5) is 0 Å². The number of nitrogens with one attached hydrogen (secondary N) is 2. The first-order chi connectivity index (χ1) is 13.6. The highest BCUT2D eigenvalue weighted by molar-refractivity contribution is 9.10. The number of nitrogens with zero attached hydrogens (tertiary/aromatic N) is 1. The molecule has 2 N–H and O–H groups in total. The lowest BCUT2D eigenvalue weighted by atomic mass is 10.2. The summed E-state index contributed by atoms with van der Waals surface area (Å²) >= 11 is 3.35. The molecule has 1 heterocycles. The molecule has 2 amide bonds. The molecule has 28 heavy (non-hydrogen) atoms. The largest absolute Gasteiger partial charge is 0.366 e. The Hall–Kier alpha value is -2.22. The van der Waals surface area contributed by atoms with Crippen molar-refractivity contribution in [1.29, 1.82) is 0 Å². The molecule has 0 radical (unpaired) electrons. The van der Waals surface area contributed by atoms with Gasteiger partial charge in [0.25, 0.3) is 11.8 Å². The Bertz CT molecular complexity index is 800. The lowest BCUT2D eigenvalue weighted by molar-refractivity contribution is -0.138. The van der Waals surface area contributed by atoms with Crippen LogP contribution < -0.4 is 10.6 Å². The van der Waals surface area contributed by atoms with Crippen LogP contribution in [0, 0.1) is 0 Å². The van der Waals surface area contributed by atoms with Crippen LogP contribution in [0.25, 0.3) is 0 Å². The molecule has 0 aromatic heterocycles. The molecular formula is C21H24BrN3O3. The Balaban J connectivity index is 1.39. The minimum absolute atomic E-state index is 0.144. The van der Waals surface area contributed by atoms with E-state index >= 15 is 0 Å². The summed E-state index contributed by atoms with van der Waals surface area (Å²) in [5, 5.41) is 5.64. The number of ether oxygens (including phenoxy) is 1. The summed E-state index contributed by atoms with van der Waals surface area (Å²) in [4.78, 5) is 26.7. The second kappa shape index (κ2) is 10.4. The molecule has 1 unspecified atom stereocenters. The Kier molecular flexibility index (Phi) is 7.59. The summed E-state index contributed by atoms with van der Waals surface area (Å²) in [5.74, 6) is -0.312. The van der Waals surface area contributed by atoms with Crippen molar-refractivity contribution in [1.82, 2.24) is 15.5 Å². The molecule has 2 aromatic rings. The summed E-state index contributed by atoms with van der Waals surface area (Å²) in [6.45, 7) is 3.42. The van der Waals surface area contributed by atoms with Crippen LogP contribution in [-0.4, -0.2) is 55.6 Å². The molecule has 3 rings (SSSR count). The van der Waals surface area contributed by atoms with Crippen molar-refractivity contribution in [3.8, 4) is 0 Å². The monoisotopic (exact) mass is 445 g/mol. The minimum atomic E-state index is -0.488. The number of carbonyl (C=O) groups excluding carboxylic acids is 2. The predicted molar refractivity (Wildman–Crippen MR) is 111 cm³/mol. The van der Waals surface area contributed by atoms with Gasteiger partial charge in [-0.1, -0.05) is 52.3 Å². The van der Waals surface area contributed by atoms with Crippen molar-refractivity contribution in [2.75, 3.05) is 32.8 Å². The Morgan fingerprint density at radius 2 is 1.86 bits per heavy atom. The van der Waals surface area contributed by atoms with Crippen LogP contribution in [0.2, 0.25) is 0 Å². The van der Waals surface area contributed by atoms with Gasteiger partial charge in [-0.2, -0.15) is 0 Å². The molecule has 0 aliphatic carbocycles. The van der Waals surface area contributed by atoms with E-state index in [2.05, 4.69) is 43.6 Å². The molecule has 0 bridgehead atoms. The van der Waals surface area contributed by atoms with E-state index in [0.717, 1.165) is 17.6 Å². The van der Waals surface area contributed by atoms with Gasteiger partial charge in [0.2, 0.25) is 0 Å². The fraction of sp³-hybridized carbons (Fsp3) is 0.333. The first-order valence-corrected chi connectivity index (χ1v) is 10.1. The first kappa shape index (κ1) is 20.5. The van der Waals surface area contributed by atoms with E-state index in [1.54, 1.807) is 12.1 Å². The molecule has 6 nitrogen and oxygen atoms in total. The number of carbonyl (C=O) groups is 2. The van der Waals surface area contributed by atoms with Crippen LogP contribution in [0.1, 0.15) is 15.9 Å². The summed E-state index contributed by atoms with van der Waals surface area (Å²) in [7, 11) is 0. The Labute approximate surface area is 173 Å². The van der Waals surface area contributed by atoms with Gasteiger partial charge in [-0.25, -0.2) is 0 Å². The number of hydrogen-bond acceptors (Lipinski definition) is 4. The van der Waals surface area contributed by atoms with Crippen LogP contribution in [-0.2, 0) is 16.1 Å². The van der Waals surface area contributed by atoms with Gasteiger partial charge >= 0.3 is 0 Å². The highest BCUT2D eigenvalue weighted by Crippen LogP contribution is 2.12. The van der Waals surface area contributed by atoms with Gasteiger partial charge < -0.3 is 15.4 Å². The number of morpholine rings is 1. The van der Waals surface area contributed by atoms with E-state index < -0.39 is 6.10 Å². The predicted octanol–water partition coefficient (Wildman–Crippen LogP) is 2.20. The number of halogens is 1. The SMILES string of the molecule is O=C(NCCNC(=O)C1CN(Cc2ccccc2)CCO1)c1cccc(Br)c1. The number of benzene rings is 2. The smallest absolute Gasteiger partial charge is 0.251 e. The average Bonchev–Trinajstić information content (AvgIpc) is 2.72. The minimum Gasteiger partial charge on any atom is -0.366 e. The molecular weight excluding hydrogens is 422 g/mol. The summed E-state index contributed by atoms with van der Waals surface area (Å²) in [5.41, 5.74) is 1.80. The summed E-state index contributed by atoms with van der Waals surface area (Å²) in [6.07, 6.45) is -0.488. The van der Waals surface area contributed by atoms with Crippen LogP contribution >= 0.6 is 15.9 Å². The zero-order chi connectivity index (χ0) is 19.8. The second-order valence-electron chi connectivity index (χ2n) is 6.64. The van der Waals surface area contributed by atoms with Gasteiger partial charge in [-0.05, 0) is 23.8 Å². The van der Waals surface area contributed by atoms with E-state index in [1.807, 2.05) is 30.3 Å². The molecule has 7 heteroatoms. The zero-order valence-corrected chi connectivity index (χ0v) is 17.2. The molecule has 1 aliphatic heterocycles. The van der Waals surface area contributed by atoms with Crippen molar-refractivity contribution < 1.29 is 14.3 Å². The molecule has 1 atom stereocenters. The lowest BCUT2D eigenvalue weighted by Crippen LogP contribution is -2.50. The molecule has 0 spiro atoms. The third-order valence-electron chi connectivity index (χ3n) is 4.49. The molecule has 1 aliphatic rings. The second-order valence-corrected chi connectivity index (χ2v) is 7.55. The van der Waals surface area contributed by atoms with Gasteiger partial charge in [-0.3, -0.25) is 14.5 Å².